The zero-order chi connectivity index (χ0) is 10.0. The molecule has 1 aromatic carbocycles. The predicted octanol–water partition coefficient (Wildman–Crippen LogP) is 1.85. The quantitative estimate of drug-likeness (QED) is 0.685. The van der Waals surface area contributed by atoms with Crippen LogP contribution in [0.2, 0.25) is 0 Å². The lowest BCUT2D eigenvalue weighted by atomic mass is 9.87. The molecule has 0 radical (unpaired) electrons. The monoisotopic (exact) mass is 190 g/mol. The Morgan fingerprint density at radius 2 is 2.07 bits per heavy atom. The maximum absolute atomic E-state index is 10.4. The van der Waals surface area contributed by atoms with Crippen molar-refractivity contribution in [3.63, 3.8) is 0 Å². The summed E-state index contributed by atoms with van der Waals surface area (Å²) in [6.07, 6.45) is 3.47. The van der Waals surface area contributed by atoms with Crippen LogP contribution >= 0.6 is 0 Å². The second-order valence-corrected chi connectivity index (χ2v) is 3.57. The summed E-state index contributed by atoms with van der Waals surface area (Å²) < 4.78 is 5.41. The van der Waals surface area contributed by atoms with Crippen LogP contribution in [-0.4, -0.2) is 17.8 Å². The van der Waals surface area contributed by atoms with Crippen molar-refractivity contribution in [2.24, 2.45) is 0 Å². The first-order chi connectivity index (χ1) is 6.73. The highest BCUT2D eigenvalue weighted by Gasteiger charge is 2.35. The average molecular weight is 190 g/mol. The maximum Gasteiger partial charge on any atom is 0.134 e. The Hall–Kier alpha value is -1.12. The van der Waals surface area contributed by atoms with Gasteiger partial charge in [-0.15, -0.1) is 0 Å². The van der Waals surface area contributed by atoms with Gasteiger partial charge in [0, 0.05) is 0 Å². The molecule has 0 bridgehead atoms. The van der Waals surface area contributed by atoms with Crippen molar-refractivity contribution in [3.05, 3.63) is 48.0 Å². The molecular weight excluding hydrogens is 176 g/mol. The van der Waals surface area contributed by atoms with Crippen molar-refractivity contribution in [2.75, 3.05) is 6.61 Å². The molecule has 0 saturated heterocycles. The van der Waals surface area contributed by atoms with Crippen molar-refractivity contribution >= 4 is 0 Å². The van der Waals surface area contributed by atoms with Crippen LogP contribution in [0.5, 0.6) is 0 Å². The Balaban J connectivity index is 2.40. The molecule has 0 saturated carbocycles. The Kier molecular flexibility index (Phi) is 2.40. The van der Waals surface area contributed by atoms with E-state index >= 15 is 0 Å². The van der Waals surface area contributed by atoms with Gasteiger partial charge >= 0.3 is 0 Å². The lowest BCUT2D eigenvalue weighted by molar-refractivity contribution is -0.0782. The minimum atomic E-state index is -0.973. The van der Waals surface area contributed by atoms with Gasteiger partial charge in [-0.2, -0.15) is 0 Å². The van der Waals surface area contributed by atoms with Gasteiger partial charge in [-0.3, -0.25) is 0 Å². The highest BCUT2D eigenvalue weighted by atomic mass is 16.5. The summed E-state index contributed by atoms with van der Waals surface area (Å²) in [6.45, 7) is 2.47. The summed E-state index contributed by atoms with van der Waals surface area (Å²) in [4.78, 5) is 0. The number of hydrogen-bond donors (Lipinski definition) is 1. The van der Waals surface area contributed by atoms with Crippen LogP contribution in [-0.2, 0) is 10.3 Å². The average Bonchev–Trinajstić information content (AvgIpc) is 2.24. The Bertz CT molecular complexity index is 331. The van der Waals surface area contributed by atoms with E-state index in [-0.39, 0.29) is 6.10 Å². The van der Waals surface area contributed by atoms with Crippen LogP contribution in [0.1, 0.15) is 12.5 Å². The van der Waals surface area contributed by atoms with E-state index in [1.165, 1.54) is 0 Å². The lowest BCUT2D eigenvalue weighted by Crippen LogP contribution is -2.40. The van der Waals surface area contributed by atoms with Crippen LogP contribution < -0.4 is 0 Å². The third kappa shape index (κ3) is 1.47. The molecule has 0 aliphatic carbocycles. The number of benzene rings is 1. The third-order valence-corrected chi connectivity index (χ3v) is 2.67. The number of aliphatic hydroxyl groups is 1. The van der Waals surface area contributed by atoms with Gasteiger partial charge in [0.1, 0.15) is 5.60 Å². The zero-order valence-electron chi connectivity index (χ0n) is 8.18. The fourth-order valence-electron chi connectivity index (χ4n) is 1.73. The van der Waals surface area contributed by atoms with E-state index in [4.69, 9.17) is 4.74 Å². The fraction of sp³-hybridized carbons (Fsp3) is 0.333. The van der Waals surface area contributed by atoms with E-state index in [1.54, 1.807) is 0 Å². The number of hydrogen-bond acceptors (Lipinski definition) is 2. The molecule has 2 rings (SSSR count). The molecule has 0 aromatic heterocycles. The van der Waals surface area contributed by atoms with Crippen molar-refractivity contribution in [1.29, 1.82) is 0 Å². The van der Waals surface area contributed by atoms with E-state index in [9.17, 15) is 5.11 Å². The number of ether oxygens (including phenoxy) is 1. The van der Waals surface area contributed by atoms with Crippen LogP contribution in [0, 0.1) is 0 Å². The molecule has 1 aromatic rings. The molecular formula is C12H14O2. The SMILES string of the molecule is C[C@H]1OCC=C[C@]1(O)c1ccccc1. The fourth-order valence-corrected chi connectivity index (χ4v) is 1.73. The van der Waals surface area contributed by atoms with Crippen molar-refractivity contribution < 1.29 is 9.84 Å². The molecule has 0 amide bonds. The van der Waals surface area contributed by atoms with Gasteiger partial charge in [0.2, 0.25) is 0 Å². The van der Waals surface area contributed by atoms with E-state index < -0.39 is 5.60 Å². The molecule has 1 aliphatic rings. The summed E-state index contributed by atoms with van der Waals surface area (Å²) in [5.74, 6) is 0. The molecule has 1 aliphatic heterocycles. The van der Waals surface area contributed by atoms with E-state index in [0.717, 1.165) is 5.56 Å². The summed E-state index contributed by atoms with van der Waals surface area (Å²) in [5.41, 5.74) is -0.0945. The van der Waals surface area contributed by atoms with Gasteiger partial charge in [0.15, 0.2) is 0 Å². The van der Waals surface area contributed by atoms with Crippen molar-refractivity contribution in [1.82, 2.24) is 0 Å². The molecule has 2 atom stereocenters. The topological polar surface area (TPSA) is 29.5 Å². The highest BCUT2D eigenvalue weighted by molar-refractivity contribution is 5.29. The smallest absolute Gasteiger partial charge is 0.134 e. The van der Waals surface area contributed by atoms with Gasteiger partial charge in [-0.05, 0) is 18.6 Å². The second kappa shape index (κ2) is 3.56. The molecule has 2 heteroatoms. The van der Waals surface area contributed by atoms with Gasteiger partial charge in [0.05, 0.1) is 12.7 Å². The van der Waals surface area contributed by atoms with Crippen LogP contribution in [0.25, 0.3) is 0 Å². The summed E-state index contributed by atoms with van der Waals surface area (Å²) in [5, 5.41) is 10.4. The van der Waals surface area contributed by atoms with Crippen LogP contribution in [0.15, 0.2) is 42.5 Å². The second-order valence-electron chi connectivity index (χ2n) is 3.57. The molecule has 1 N–H and O–H groups in total. The molecule has 0 fully saturated rings. The van der Waals surface area contributed by atoms with Gasteiger partial charge in [-0.25, -0.2) is 0 Å². The minimum Gasteiger partial charge on any atom is -0.378 e. The van der Waals surface area contributed by atoms with Gasteiger partial charge in [0.25, 0.3) is 0 Å². The first-order valence-electron chi connectivity index (χ1n) is 4.80. The normalized spacial score (nSPS) is 31.7. The lowest BCUT2D eigenvalue weighted by Gasteiger charge is -2.34. The molecule has 1 heterocycles. The van der Waals surface area contributed by atoms with Gasteiger partial charge in [-0.1, -0.05) is 36.4 Å². The van der Waals surface area contributed by atoms with Crippen molar-refractivity contribution in [3.8, 4) is 0 Å². The zero-order valence-corrected chi connectivity index (χ0v) is 8.18. The van der Waals surface area contributed by atoms with Crippen LogP contribution in [0.3, 0.4) is 0 Å². The largest absolute Gasteiger partial charge is 0.378 e. The minimum absolute atomic E-state index is 0.199. The summed E-state index contributed by atoms with van der Waals surface area (Å²) >= 11 is 0. The summed E-state index contributed by atoms with van der Waals surface area (Å²) in [7, 11) is 0. The Labute approximate surface area is 83.8 Å². The van der Waals surface area contributed by atoms with E-state index in [2.05, 4.69) is 0 Å². The molecule has 0 spiro atoms. The first kappa shape index (κ1) is 9.44. The van der Waals surface area contributed by atoms with Crippen molar-refractivity contribution in [2.45, 2.75) is 18.6 Å². The Morgan fingerprint density at radius 3 is 2.71 bits per heavy atom. The molecule has 2 nitrogen and oxygen atoms in total. The van der Waals surface area contributed by atoms with E-state index in [1.807, 2.05) is 49.4 Å². The molecule has 74 valence electrons. The Morgan fingerprint density at radius 1 is 1.36 bits per heavy atom. The van der Waals surface area contributed by atoms with Crippen LogP contribution in [0.4, 0.5) is 0 Å². The maximum atomic E-state index is 10.4. The molecule has 14 heavy (non-hydrogen) atoms. The third-order valence-electron chi connectivity index (χ3n) is 2.67. The highest BCUT2D eigenvalue weighted by Crippen LogP contribution is 2.30. The molecule has 0 unspecified atom stereocenters. The number of rotatable bonds is 1. The first-order valence-corrected chi connectivity index (χ1v) is 4.80. The predicted molar refractivity (Wildman–Crippen MR) is 54.9 cm³/mol. The van der Waals surface area contributed by atoms with E-state index in [0.29, 0.717) is 6.61 Å². The summed E-state index contributed by atoms with van der Waals surface area (Å²) in [6, 6.07) is 9.60. The standard InChI is InChI=1S/C12H14O2/c1-10-12(13,8-5-9-14-10)11-6-3-2-4-7-11/h2-8,10,13H,9H2,1H3/t10-,12-/m1/s1. The van der Waals surface area contributed by atoms with Gasteiger partial charge < -0.3 is 9.84 Å².